The second-order valence-corrected chi connectivity index (χ2v) is 6.31. The van der Waals surface area contributed by atoms with Gasteiger partial charge in [0.15, 0.2) is 5.11 Å². The van der Waals surface area contributed by atoms with Crippen molar-refractivity contribution in [1.29, 1.82) is 0 Å². The fourth-order valence-electron chi connectivity index (χ4n) is 3.43. The van der Waals surface area contributed by atoms with Gasteiger partial charge in [-0.1, -0.05) is 6.07 Å². The van der Waals surface area contributed by atoms with Crippen molar-refractivity contribution >= 4 is 17.3 Å². The molecule has 0 saturated carbocycles. The average Bonchev–Trinajstić information content (AvgIpc) is 3.27. The highest BCUT2D eigenvalue weighted by molar-refractivity contribution is 7.80. The lowest BCUT2D eigenvalue weighted by Crippen LogP contribution is -2.30. The smallest absolute Gasteiger partial charge is 0.170 e. The van der Waals surface area contributed by atoms with Crippen molar-refractivity contribution in [2.45, 2.75) is 19.0 Å². The fraction of sp³-hybridized carbons (Fsp3) is 0.211. The summed E-state index contributed by atoms with van der Waals surface area (Å²) < 4.78 is 2.17. The lowest BCUT2D eigenvalue weighted by Gasteiger charge is -2.27. The van der Waals surface area contributed by atoms with E-state index in [9.17, 15) is 0 Å². The average molecular weight is 349 g/mol. The third-order valence-corrected chi connectivity index (χ3v) is 4.90. The van der Waals surface area contributed by atoms with Crippen molar-refractivity contribution in [3.63, 3.8) is 0 Å². The molecule has 2 atom stereocenters. The number of hydrogen-bond donors (Lipinski definition) is 1. The van der Waals surface area contributed by atoms with E-state index in [-0.39, 0.29) is 12.1 Å². The molecular formula is C19H19N5S. The van der Waals surface area contributed by atoms with Crippen LogP contribution in [0, 0.1) is 0 Å². The SMILES string of the molecule is CCN1C(=S)N[C@H](c2ccccn2)[C@@H]1c1cccn1-c1cccnc1. The highest BCUT2D eigenvalue weighted by atomic mass is 32.1. The molecule has 1 aliphatic rings. The second-order valence-electron chi connectivity index (χ2n) is 5.93. The van der Waals surface area contributed by atoms with Crippen LogP contribution < -0.4 is 5.32 Å². The quantitative estimate of drug-likeness (QED) is 0.733. The van der Waals surface area contributed by atoms with Crippen LogP contribution in [0.2, 0.25) is 0 Å². The van der Waals surface area contributed by atoms with Gasteiger partial charge in [-0.2, -0.15) is 0 Å². The van der Waals surface area contributed by atoms with E-state index in [0.29, 0.717) is 0 Å². The van der Waals surface area contributed by atoms with Crippen LogP contribution in [0.4, 0.5) is 0 Å². The summed E-state index contributed by atoms with van der Waals surface area (Å²) >= 11 is 5.59. The molecule has 3 aromatic heterocycles. The topological polar surface area (TPSA) is 46.0 Å². The minimum atomic E-state index is 0.0129. The largest absolute Gasteiger partial charge is 0.352 e. The molecule has 1 N–H and O–H groups in total. The zero-order valence-corrected chi connectivity index (χ0v) is 14.7. The summed E-state index contributed by atoms with van der Waals surface area (Å²) in [5.74, 6) is 0. The molecule has 126 valence electrons. The Labute approximate surface area is 152 Å². The van der Waals surface area contributed by atoms with Crippen molar-refractivity contribution in [2.24, 2.45) is 0 Å². The van der Waals surface area contributed by atoms with Crippen molar-refractivity contribution in [1.82, 2.24) is 24.8 Å². The Morgan fingerprint density at radius 3 is 2.76 bits per heavy atom. The molecule has 6 heteroatoms. The first-order valence-corrected chi connectivity index (χ1v) is 8.76. The monoisotopic (exact) mass is 349 g/mol. The number of aromatic nitrogens is 3. The molecule has 1 saturated heterocycles. The summed E-state index contributed by atoms with van der Waals surface area (Å²) in [6.45, 7) is 2.96. The molecule has 0 aliphatic carbocycles. The number of likely N-dealkylation sites (N-methyl/N-ethyl adjacent to an activating group) is 1. The van der Waals surface area contributed by atoms with Gasteiger partial charge in [-0.05, 0) is 55.5 Å². The third kappa shape index (κ3) is 2.78. The minimum absolute atomic E-state index is 0.0129. The summed E-state index contributed by atoms with van der Waals surface area (Å²) in [5, 5.41) is 4.22. The van der Waals surface area contributed by atoms with Gasteiger partial charge in [0.05, 0.1) is 29.7 Å². The maximum Gasteiger partial charge on any atom is 0.170 e. The predicted molar refractivity (Wildman–Crippen MR) is 101 cm³/mol. The van der Waals surface area contributed by atoms with Crippen molar-refractivity contribution in [3.8, 4) is 5.69 Å². The molecule has 0 amide bonds. The number of hydrogen-bond acceptors (Lipinski definition) is 3. The predicted octanol–water partition coefficient (Wildman–Crippen LogP) is 3.26. The lowest BCUT2D eigenvalue weighted by molar-refractivity contribution is 0.321. The molecule has 3 aromatic rings. The molecule has 4 rings (SSSR count). The molecule has 1 aliphatic heterocycles. The molecule has 0 spiro atoms. The number of thiocarbonyl (C=S) groups is 1. The van der Waals surface area contributed by atoms with Gasteiger partial charge < -0.3 is 14.8 Å². The Morgan fingerprint density at radius 2 is 2.04 bits per heavy atom. The number of pyridine rings is 2. The third-order valence-electron chi connectivity index (χ3n) is 4.55. The van der Waals surface area contributed by atoms with Crippen molar-refractivity contribution in [3.05, 3.63) is 78.6 Å². The Morgan fingerprint density at radius 1 is 1.12 bits per heavy atom. The first-order chi connectivity index (χ1) is 12.3. The van der Waals surface area contributed by atoms with Crippen LogP contribution in [0.25, 0.3) is 5.69 Å². The molecule has 5 nitrogen and oxygen atoms in total. The van der Waals surface area contributed by atoms with Crippen LogP contribution in [0.1, 0.15) is 30.4 Å². The van der Waals surface area contributed by atoms with E-state index in [1.165, 1.54) is 0 Å². The van der Waals surface area contributed by atoms with Crippen LogP contribution in [0.3, 0.4) is 0 Å². The first kappa shape index (κ1) is 15.8. The Hall–Kier alpha value is -2.73. The highest BCUT2D eigenvalue weighted by Gasteiger charge is 2.40. The molecule has 4 heterocycles. The molecule has 0 aromatic carbocycles. The zero-order chi connectivity index (χ0) is 17.2. The minimum Gasteiger partial charge on any atom is -0.352 e. The molecule has 0 bridgehead atoms. The number of rotatable bonds is 4. The van der Waals surface area contributed by atoms with Gasteiger partial charge in [0.1, 0.15) is 0 Å². The Kier molecular flexibility index (Phi) is 4.19. The normalized spacial score (nSPS) is 19.9. The molecule has 1 fully saturated rings. The fourth-order valence-corrected chi connectivity index (χ4v) is 3.80. The van der Waals surface area contributed by atoms with Gasteiger partial charge in [0.2, 0.25) is 0 Å². The van der Waals surface area contributed by atoms with Crippen LogP contribution in [0.5, 0.6) is 0 Å². The van der Waals surface area contributed by atoms with E-state index >= 15 is 0 Å². The molecule has 0 unspecified atom stereocenters. The van der Waals surface area contributed by atoms with E-state index in [1.54, 1.807) is 6.20 Å². The van der Waals surface area contributed by atoms with Crippen LogP contribution >= 0.6 is 12.2 Å². The standard InChI is InChI=1S/C19H19N5S/c1-2-23-18(17(22-19(23)25)15-8-3-4-11-21-15)16-9-6-12-24(16)14-7-5-10-20-13-14/h3-13,17-18H,2H2,1H3,(H,22,25)/t17-,18+/m1/s1. The van der Waals surface area contributed by atoms with E-state index in [4.69, 9.17) is 12.2 Å². The number of nitrogens with one attached hydrogen (secondary N) is 1. The van der Waals surface area contributed by atoms with Crippen molar-refractivity contribution < 1.29 is 0 Å². The first-order valence-electron chi connectivity index (χ1n) is 8.35. The van der Waals surface area contributed by atoms with Crippen molar-refractivity contribution in [2.75, 3.05) is 6.54 Å². The Bertz CT molecular complexity index is 862. The molecule has 0 radical (unpaired) electrons. The van der Waals surface area contributed by atoms with Crippen LogP contribution in [-0.4, -0.2) is 31.1 Å². The van der Waals surface area contributed by atoms with Gasteiger partial charge in [-0.15, -0.1) is 0 Å². The summed E-state index contributed by atoms with van der Waals surface area (Å²) in [7, 11) is 0. The summed E-state index contributed by atoms with van der Waals surface area (Å²) in [6, 6.07) is 14.3. The second kappa shape index (κ2) is 6.64. The van der Waals surface area contributed by atoms with Gasteiger partial charge in [-0.3, -0.25) is 9.97 Å². The Balaban J connectivity index is 1.81. The lowest BCUT2D eigenvalue weighted by atomic mass is 10.0. The maximum absolute atomic E-state index is 5.59. The number of nitrogens with zero attached hydrogens (tertiary/aromatic N) is 4. The summed E-state index contributed by atoms with van der Waals surface area (Å²) in [5.41, 5.74) is 3.19. The molecule has 25 heavy (non-hydrogen) atoms. The van der Waals surface area contributed by atoms with Gasteiger partial charge in [0.25, 0.3) is 0 Å². The van der Waals surface area contributed by atoms with E-state index in [1.807, 2.05) is 36.7 Å². The van der Waals surface area contributed by atoms with Gasteiger partial charge in [-0.25, -0.2) is 0 Å². The van der Waals surface area contributed by atoms with Crippen LogP contribution in [0.15, 0.2) is 67.3 Å². The molecular weight excluding hydrogens is 330 g/mol. The van der Waals surface area contributed by atoms with E-state index in [0.717, 1.165) is 28.7 Å². The summed E-state index contributed by atoms with van der Waals surface area (Å²) in [4.78, 5) is 11.0. The van der Waals surface area contributed by atoms with Gasteiger partial charge in [0, 0.05) is 30.8 Å². The zero-order valence-electron chi connectivity index (χ0n) is 13.9. The van der Waals surface area contributed by atoms with Gasteiger partial charge >= 0.3 is 0 Å². The summed E-state index contributed by atoms with van der Waals surface area (Å²) in [6.07, 6.45) is 7.55. The van der Waals surface area contributed by atoms with E-state index < -0.39 is 0 Å². The van der Waals surface area contributed by atoms with Crippen LogP contribution in [-0.2, 0) is 0 Å². The highest BCUT2D eigenvalue weighted by Crippen LogP contribution is 2.39. The maximum atomic E-state index is 5.59. The van der Waals surface area contributed by atoms with E-state index in [2.05, 4.69) is 56.1 Å².